The second-order valence-corrected chi connectivity index (χ2v) is 6.03. The zero-order valence-corrected chi connectivity index (χ0v) is 12.7. The van der Waals surface area contributed by atoms with Crippen LogP contribution in [-0.4, -0.2) is 24.8 Å². The highest BCUT2D eigenvalue weighted by Crippen LogP contribution is 2.37. The molecule has 0 bridgehead atoms. The maximum Gasteiger partial charge on any atom is 0.237 e. The smallest absolute Gasteiger partial charge is 0.237 e. The van der Waals surface area contributed by atoms with Crippen molar-refractivity contribution in [3.05, 3.63) is 59.7 Å². The molecule has 0 saturated carbocycles. The van der Waals surface area contributed by atoms with Gasteiger partial charge in [0.1, 0.15) is 6.04 Å². The van der Waals surface area contributed by atoms with Crippen molar-refractivity contribution in [3.63, 3.8) is 0 Å². The van der Waals surface area contributed by atoms with Crippen LogP contribution in [0.5, 0.6) is 0 Å². The molecule has 2 heterocycles. The van der Waals surface area contributed by atoms with Crippen LogP contribution in [0.1, 0.15) is 23.5 Å². The third kappa shape index (κ3) is 2.22. The SMILES string of the molecule is O=[C]C1CCc2ccccc2N1C(=O)C1CNc2ccccc21. The van der Waals surface area contributed by atoms with Crippen molar-refractivity contribution in [2.24, 2.45) is 0 Å². The van der Waals surface area contributed by atoms with Crippen LogP contribution in [-0.2, 0) is 16.0 Å². The quantitative estimate of drug-likeness (QED) is 0.928. The lowest BCUT2D eigenvalue weighted by molar-refractivity contribution is -0.120. The van der Waals surface area contributed by atoms with Gasteiger partial charge in [-0.1, -0.05) is 36.4 Å². The molecule has 0 fully saturated rings. The van der Waals surface area contributed by atoms with E-state index in [1.165, 1.54) is 0 Å². The number of carbonyl (C=O) groups is 1. The fraction of sp³-hybridized carbons (Fsp3) is 0.263. The van der Waals surface area contributed by atoms with Crippen molar-refractivity contribution >= 4 is 23.6 Å². The highest BCUT2D eigenvalue weighted by Gasteiger charge is 2.38. The van der Waals surface area contributed by atoms with Crippen LogP contribution in [0.2, 0.25) is 0 Å². The molecular formula is C19H17N2O2. The van der Waals surface area contributed by atoms with Crippen molar-refractivity contribution in [1.29, 1.82) is 0 Å². The number of amides is 1. The number of rotatable bonds is 2. The molecule has 0 saturated heterocycles. The summed E-state index contributed by atoms with van der Waals surface area (Å²) in [5.74, 6) is -0.281. The monoisotopic (exact) mass is 305 g/mol. The van der Waals surface area contributed by atoms with Crippen LogP contribution in [0, 0.1) is 0 Å². The molecule has 2 aromatic rings. The zero-order valence-electron chi connectivity index (χ0n) is 12.7. The summed E-state index contributed by atoms with van der Waals surface area (Å²) in [5.41, 5.74) is 3.97. The fourth-order valence-electron chi connectivity index (χ4n) is 3.60. The van der Waals surface area contributed by atoms with E-state index in [1.54, 1.807) is 4.90 Å². The number of fused-ring (bicyclic) bond motifs is 2. The summed E-state index contributed by atoms with van der Waals surface area (Å²) in [6, 6.07) is 15.2. The van der Waals surface area contributed by atoms with E-state index in [0.717, 1.165) is 28.9 Å². The van der Waals surface area contributed by atoms with Gasteiger partial charge in [-0.05, 0) is 36.1 Å². The van der Waals surface area contributed by atoms with Gasteiger partial charge >= 0.3 is 0 Å². The van der Waals surface area contributed by atoms with Crippen molar-refractivity contribution in [3.8, 4) is 0 Å². The maximum atomic E-state index is 13.2. The van der Waals surface area contributed by atoms with Gasteiger partial charge in [0.2, 0.25) is 12.2 Å². The molecule has 2 atom stereocenters. The number of nitrogens with zero attached hydrogens (tertiary/aromatic N) is 1. The number of aryl methyl sites for hydroxylation is 1. The van der Waals surface area contributed by atoms with Gasteiger partial charge in [-0.15, -0.1) is 0 Å². The van der Waals surface area contributed by atoms with Gasteiger partial charge in [0.25, 0.3) is 0 Å². The third-order valence-corrected chi connectivity index (χ3v) is 4.75. The Balaban J connectivity index is 1.74. The molecule has 23 heavy (non-hydrogen) atoms. The van der Waals surface area contributed by atoms with Crippen molar-refractivity contribution in [2.45, 2.75) is 24.8 Å². The normalized spacial score (nSPS) is 22.0. The van der Waals surface area contributed by atoms with E-state index in [4.69, 9.17) is 0 Å². The molecule has 1 radical (unpaired) electrons. The van der Waals surface area contributed by atoms with Crippen LogP contribution in [0.3, 0.4) is 0 Å². The maximum absolute atomic E-state index is 13.2. The van der Waals surface area contributed by atoms with Gasteiger partial charge in [0, 0.05) is 17.9 Å². The van der Waals surface area contributed by atoms with Crippen molar-refractivity contribution in [2.75, 3.05) is 16.8 Å². The van der Waals surface area contributed by atoms with E-state index in [0.29, 0.717) is 13.0 Å². The Hall–Kier alpha value is -2.62. The lowest BCUT2D eigenvalue weighted by atomic mass is 9.92. The molecular weight excluding hydrogens is 288 g/mol. The van der Waals surface area contributed by atoms with Crippen molar-refractivity contribution in [1.82, 2.24) is 0 Å². The minimum Gasteiger partial charge on any atom is -0.384 e. The number of hydrogen-bond acceptors (Lipinski definition) is 3. The molecule has 115 valence electrons. The Labute approximate surface area is 135 Å². The number of carbonyl (C=O) groups excluding carboxylic acids is 2. The summed E-state index contributed by atoms with van der Waals surface area (Å²) in [4.78, 5) is 26.3. The molecule has 0 spiro atoms. The van der Waals surface area contributed by atoms with E-state index in [-0.39, 0.29) is 11.8 Å². The average molecular weight is 305 g/mol. The number of para-hydroxylation sites is 2. The molecule has 2 aliphatic heterocycles. The highest BCUT2D eigenvalue weighted by atomic mass is 16.2. The predicted molar refractivity (Wildman–Crippen MR) is 89.4 cm³/mol. The summed E-state index contributed by atoms with van der Waals surface area (Å²) < 4.78 is 0. The molecule has 2 aliphatic rings. The standard InChI is InChI=1S/C19H17N2O2/c22-12-14-10-9-13-5-1-4-8-18(13)21(14)19(23)16-11-20-17-7-3-2-6-15(16)17/h1-8,14,16,20H,9-11H2. The Morgan fingerprint density at radius 3 is 2.78 bits per heavy atom. The topological polar surface area (TPSA) is 49.4 Å². The first-order valence-electron chi connectivity index (χ1n) is 7.91. The summed E-state index contributed by atoms with van der Waals surface area (Å²) in [7, 11) is 0. The predicted octanol–water partition coefficient (Wildman–Crippen LogP) is 2.65. The first-order chi connectivity index (χ1) is 11.3. The summed E-state index contributed by atoms with van der Waals surface area (Å²) in [6.45, 7) is 0.572. The Morgan fingerprint density at radius 2 is 1.91 bits per heavy atom. The number of hydrogen-bond donors (Lipinski definition) is 1. The van der Waals surface area contributed by atoms with Crippen molar-refractivity contribution < 1.29 is 9.59 Å². The molecule has 2 aromatic carbocycles. The van der Waals surface area contributed by atoms with Crippen LogP contribution < -0.4 is 10.2 Å². The average Bonchev–Trinajstić information content (AvgIpc) is 3.04. The molecule has 2 unspecified atom stereocenters. The van der Waals surface area contributed by atoms with Gasteiger partial charge in [-0.25, -0.2) is 0 Å². The second-order valence-electron chi connectivity index (χ2n) is 6.03. The second kappa shape index (κ2) is 5.54. The lowest BCUT2D eigenvalue weighted by Crippen LogP contribution is -2.47. The molecule has 1 N–H and O–H groups in total. The fourth-order valence-corrected chi connectivity index (χ4v) is 3.60. The molecule has 4 heteroatoms. The number of anilines is 2. The zero-order chi connectivity index (χ0) is 15.8. The first-order valence-corrected chi connectivity index (χ1v) is 7.91. The summed E-state index contributed by atoms with van der Waals surface area (Å²) >= 11 is 0. The van der Waals surface area contributed by atoms with Gasteiger partial charge in [0.15, 0.2) is 0 Å². The van der Waals surface area contributed by atoms with Crippen LogP contribution in [0.15, 0.2) is 48.5 Å². The van der Waals surface area contributed by atoms with Gasteiger partial charge in [0.05, 0.1) is 5.92 Å². The van der Waals surface area contributed by atoms with E-state index in [1.807, 2.05) is 48.5 Å². The molecule has 4 nitrogen and oxygen atoms in total. The molecule has 0 aromatic heterocycles. The minimum atomic E-state index is -0.495. The van der Waals surface area contributed by atoms with E-state index >= 15 is 0 Å². The van der Waals surface area contributed by atoms with Crippen LogP contribution in [0.25, 0.3) is 0 Å². The largest absolute Gasteiger partial charge is 0.384 e. The van der Waals surface area contributed by atoms with Gasteiger partial charge < -0.3 is 10.2 Å². The summed E-state index contributed by atoms with van der Waals surface area (Å²) in [5, 5.41) is 3.28. The Morgan fingerprint density at radius 1 is 1.13 bits per heavy atom. The first kappa shape index (κ1) is 14.0. The van der Waals surface area contributed by atoms with Crippen LogP contribution in [0.4, 0.5) is 11.4 Å². The Kier molecular flexibility index (Phi) is 3.37. The van der Waals surface area contributed by atoms with Gasteiger partial charge in [-0.3, -0.25) is 9.59 Å². The minimum absolute atomic E-state index is 0.0250. The van der Waals surface area contributed by atoms with Crippen LogP contribution >= 0.6 is 0 Å². The van der Waals surface area contributed by atoms with E-state index in [9.17, 15) is 9.59 Å². The molecule has 4 rings (SSSR count). The van der Waals surface area contributed by atoms with Gasteiger partial charge in [-0.2, -0.15) is 0 Å². The highest BCUT2D eigenvalue weighted by molar-refractivity contribution is 6.04. The Bertz CT molecular complexity index is 771. The molecule has 1 amide bonds. The molecule has 0 aliphatic carbocycles. The van der Waals surface area contributed by atoms with E-state index in [2.05, 4.69) is 11.6 Å². The number of nitrogens with one attached hydrogen (secondary N) is 1. The third-order valence-electron chi connectivity index (χ3n) is 4.75. The number of benzene rings is 2. The van der Waals surface area contributed by atoms with E-state index < -0.39 is 6.04 Å². The lowest BCUT2D eigenvalue weighted by Gasteiger charge is -2.35. The summed E-state index contributed by atoms with van der Waals surface area (Å²) in [6.07, 6.45) is 3.50.